The summed E-state index contributed by atoms with van der Waals surface area (Å²) in [6, 6.07) is 26.1. The summed E-state index contributed by atoms with van der Waals surface area (Å²) in [6.45, 7) is 0. The van der Waals surface area contributed by atoms with Crippen molar-refractivity contribution in [2.45, 2.75) is 74.0 Å². The molecule has 0 bridgehead atoms. The van der Waals surface area contributed by atoms with E-state index in [0.717, 1.165) is 38.5 Å². The molecule has 0 aromatic carbocycles. The van der Waals surface area contributed by atoms with Gasteiger partial charge < -0.3 is 0 Å². The van der Waals surface area contributed by atoms with Crippen molar-refractivity contribution >= 4 is 0 Å². The SMILES string of the molecule is c1cncc(C2CC(c3cccnc3)CC(c3cccnc3)CC(c3cccnc3)CC(c3cccnc3)CC(c3cccnc3)C2)c1. The fraction of sp³-hybridized carbons (Fsp3) is 0.286. The standard InChI is InChI=1S/C42H42N6/c1-7-31(25-43-13-1)37-19-38(32-8-2-14-44-26-32)21-40(34-10-4-16-46-28-34)23-42(36-12-6-18-48-30-36)24-41(35-11-5-17-47-29-35)22-39(20-37)33-9-3-15-45-27-33/h1-18,25-30,37-42H,19-24H2. The molecule has 1 fully saturated rings. The van der Waals surface area contributed by atoms with Crippen molar-refractivity contribution in [2.24, 2.45) is 0 Å². The van der Waals surface area contributed by atoms with Gasteiger partial charge in [0.2, 0.25) is 0 Å². The summed E-state index contributed by atoms with van der Waals surface area (Å²) in [5.74, 6) is 1.79. The lowest BCUT2D eigenvalue weighted by molar-refractivity contribution is 0.350. The van der Waals surface area contributed by atoms with Crippen LogP contribution in [0.15, 0.2) is 147 Å². The van der Waals surface area contributed by atoms with E-state index in [1.807, 2.05) is 37.2 Å². The Morgan fingerprint density at radius 3 is 0.562 bits per heavy atom. The number of rotatable bonds is 6. The summed E-state index contributed by atoms with van der Waals surface area (Å²) in [4.78, 5) is 27.6. The summed E-state index contributed by atoms with van der Waals surface area (Å²) in [5.41, 5.74) is 7.76. The molecule has 0 N–H and O–H groups in total. The van der Waals surface area contributed by atoms with Crippen molar-refractivity contribution in [2.75, 3.05) is 0 Å². The molecule has 0 aliphatic heterocycles. The van der Waals surface area contributed by atoms with Gasteiger partial charge in [0.05, 0.1) is 0 Å². The molecule has 6 nitrogen and oxygen atoms in total. The van der Waals surface area contributed by atoms with Crippen LogP contribution < -0.4 is 0 Å². The third-order valence-electron chi connectivity index (χ3n) is 10.3. The molecule has 0 spiro atoms. The van der Waals surface area contributed by atoms with E-state index < -0.39 is 0 Å². The Balaban J connectivity index is 1.38. The van der Waals surface area contributed by atoms with Gasteiger partial charge in [0.15, 0.2) is 0 Å². The zero-order chi connectivity index (χ0) is 32.4. The maximum atomic E-state index is 4.61. The number of aromatic nitrogens is 6. The summed E-state index contributed by atoms with van der Waals surface area (Å²) in [5, 5.41) is 0. The third kappa shape index (κ3) is 7.88. The molecule has 6 heterocycles. The van der Waals surface area contributed by atoms with Crippen molar-refractivity contribution in [3.8, 4) is 0 Å². The highest BCUT2D eigenvalue weighted by molar-refractivity contribution is 5.28. The Morgan fingerprint density at radius 1 is 0.271 bits per heavy atom. The minimum absolute atomic E-state index is 0.298. The largest absolute Gasteiger partial charge is 0.264 e. The van der Waals surface area contributed by atoms with Crippen LogP contribution in [0, 0.1) is 0 Å². The number of nitrogens with zero attached hydrogens (tertiary/aromatic N) is 6. The number of pyridine rings is 6. The molecular formula is C42H42N6. The van der Waals surface area contributed by atoms with Gasteiger partial charge in [0, 0.05) is 74.4 Å². The average molecular weight is 631 g/mol. The van der Waals surface area contributed by atoms with Crippen LogP contribution in [0.25, 0.3) is 0 Å². The van der Waals surface area contributed by atoms with Gasteiger partial charge in [-0.25, -0.2) is 0 Å². The molecule has 1 aliphatic rings. The Kier molecular flexibility index (Phi) is 10.3. The van der Waals surface area contributed by atoms with Gasteiger partial charge in [-0.2, -0.15) is 0 Å². The van der Waals surface area contributed by atoms with Crippen molar-refractivity contribution < 1.29 is 0 Å². The van der Waals surface area contributed by atoms with Gasteiger partial charge in [-0.3, -0.25) is 29.9 Å². The Bertz CT molecular complexity index is 1430. The molecule has 0 unspecified atom stereocenters. The van der Waals surface area contributed by atoms with Crippen LogP contribution in [-0.2, 0) is 0 Å². The van der Waals surface area contributed by atoms with Crippen LogP contribution in [0.3, 0.4) is 0 Å². The quantitative estimate of drug-likeness (QED) is 0.182. The minimum Gasteiger partial charge on any atom is -0.264 e. The predicted octanol–water partition coefficient (Wildman–Crippen LogP) is 9.41. The average Bonchev–Trinajstić information content (AvgIpc) is 3.17. The Hall–Kier alpha value is -5.10. The molecule has 0 amide bonds. The summed E-state index contributed by atoms with van der Waals surface area (Å²) >= 11 is 0. The highest BCUT2D eigenvalue weighted by Crippen LogP contribution is 2.48. The maximum Gasteiger partial charge on any atom is 0.0302 e. The number of hydrogen-bond acceptors (Lipinski definition) is 6. The molecule has 0 saturated heterocycles. The summed E-state index contributed by atoms with van der Waals surface area (Å²) < 4.78 is 0. The van der Waals surface area contributed by atoms with E-state index in [0.29, 0.717) is 35.5 Å². The zero-order valence-electron chi connectivity index (χ0n) is 27.2. The van der Waals surface area contributed by atoms with Crippen molar-refractivity contribution in [1.82, 2.24) is 29.9 Å². The zero-order valence-corrected chi connectivity index (χ0v) is 27.2. The molecule has 6 heteroatoms. The lowest BCUT2D eigenvalue weighted by Crippen LogP contribution is -2.20. The van der Waals surface area contributed by atoms with E-state index in [4.69, 9.17) is 0 Å². The normalized spacial score (nSPS) is 23.8. The first-order chi connectivity index (χ1) is 23.8. The monoisotopic (exact) mass is 630 g/mol. The van der Waals surface area contributed by atoms with Gasteiger partial charge in [-0.05, 0) is 144 Å². The molecule has 0 atom stereocenters. The summed E-state index contributed by atoms with van der Waals surface area (Å²) in [7, 11) is 0. The molecule has 6 aromatic heterocycles. The minimum atomic E-state index is 0.298. The second kappa shape index (κ2) is 15.7. The molecule has 6 aromatic rings. The van der Waals surface area contributed by atoms with Gasteiger partial charge in [-0.15, -0.1) is 0 Å². The van der Waals surface area contributed by atoms with Crippen LogP contribution in [0.5, 0.6) is 0 Å². The van der Waals surface area contributed by atoms with E-state index in [9.17, 15) is 0 Å². The van der Waals surface area contributed by atoms with Crippen molar-refractivity contribution in [3.63, 3.8) is 0 Å². The lowest BCUT2D eigenvalue weighted by atomic mass is 9.69. The van der Waals surface area contributed by atoms with E-state index in [1.54, 1.807) is 0 Å². The van der Waals surface area contributed by atoms with Crippen molar-refractivity contribution in [1.29, 1.82) is 0 Å². The van der Waals surface area contributed by atoms with Gasteiger partial charge >= 0.3 is 0 Å². The molecule has 0 radical (unpaired) electrons. The lowest BCUT2D eigenvalue weighted by Gasteiger charge is -2.35. The fourth-order valence-corrected chi connectivity index (χ4v) is 7.98. The van der Waals surface area contributed by atoms with Crippen LogP contribution in [0.1, 0.15) is 107 Å². The van der Waals surface area contributed by atoms with Crippen LogP contribution in [0.4, 0.5) is 0 Å². The predicted molar refractivity (Wildman–Crippen MR) is 190 cm³/mol. The third-order valence-corrected chi connectivity index (χ3v) is 10.3. The van der Waals surface area contributed by atoms with E-state index in [2.05, 4.69) is 140 Å². The highest BCUT2D eigenvalue weighted by atomic mass is 14.6. The topological polar surface area (TPSA) is 77.3 Å². The van der Waals surface area contributed by atoms with Gasteiger partial charge in [0.1, 0.15) is 0 Å². The van der Waals surface area contributed by atoms with Crippen LogP contribution >= 0.6 is 0 Å². The second-order valence-corrected chi connectivity index (χ2v) is 13.3. The van der Waals surface area contributed by atoms with Crippen LogP contribution in [-0.4, -0.2) is 29.9 Å². The Morgan fingerprint density at radius 2 is 0.438 bits per heavy atom. The fourth-order valence-electron chi connectivity index (χ4n) is 7.98. The van der Waals surface area contributed by atoms with E-state index in [1.165, 1.54) is 33.4 Å². The molecule has 48 heavy (non-hydrogen) atoms. The maximum absolute atomic E-state index is 4.61. The van der Waals surface area contributed by atoms with Gasteiger partial charge in [0.25, 0.3) is 0 Å². The first-order valence-corrected chi connectivity index (χ1v) is 17.2. The highest BCUT2D eigenvalue weighted by Gasteiger charge is 2.33. The van der Waals surface area contributed by atoms with Gasteiger partial charge in [-0.1, -0.05) is 36.4 Å². The molecule has 1 aliphatic carbocycles. The molecular weight excluding hydrogens is 589 g/mol. The molecule has 1 saturated carbocycles. The van der Waals surface area contributed by atoms with E-state index >= 15 is 0 Å². The second-order valence-electron chi connectivity index (χ2n) is 13.3. The first kappa shape index (κ1) is 31.5. The van der Waals surface area contributed by atoms with E-state index in [-0.39, 0.29) is 0 Å². The summed E-state index contributed by atoms with van der Waals surface area (Å²) in [6.07, 6.45) is 29.7. The number of hydrogen-bond donors (Lipinski definition) is 0. The molecule has 240 valence electrons. The Labute approximate surface area is 283 Å². The van der Waals surface area contributed by atoms with Crippen molar-refractivity contribution in [3.05, 3.63) is 181 Å². The molecule has 7 rings (SSSR count). The first-order valence-electron chi connectivity index (χ1n) is 17.2. The van der Waals surface area contributed by atoms with Crippen LogP contribution in [0.2, 0.25) is 0 Å². The smallest absolute Gasteiger partial charge is 0.0302 e.